The van der Waals surface area contributed by atoms with E-state index >= 15 is 0 Å². The first-order chi connectivity index (χ1) is 5.40. The molecule has 2 rings (SSSR count). The van der Waals surface area contributed by atoms with E-state index in [1.165, 1.54) is 0 Å². The van der Waals surface area contributed by atoms with Crippen molar-refractivity contribution >= 4 is 22.7 Å². The summed E-state index contributed by atoms with van der Waals surface area (Å²) in [5.74, 6) is 0.802. The van der Waals surface area contributed by atoms with Crippen molar-refractivity contribution < 1.29 is 9.53 Å². The van der Waals surface area contributed by atoms with E-state index in [0.717, 1.165) is 28.3 Å². The van der Waals surface area contributed by atoms with Crippen LogP contribution in [0.5, 0.6) is 5.75 Å². The lowest BCUT2D eigenvalue weighted by Crippen LogP contribution is -2.02. The highest BCUT2D eigenvalue weighted by atomic mass is 32.1. The van der Waals surface area contributed by atoms with Crippen LogP contribution in [0.25, 0.3) is 0 Å². The van der Waals surface area contributed by atoms with Gasteiger partial charge < -0.3 is 4.74 Å². The Hall–Kier alpha value is -1.09. The van der Waals surface area contributed by atoms with Crippen molar-refractivity contribution in [3.8, 4) is 5.75 Å². The summed E-state index contributed by atoms with van der Waals surface area (Å²) in [6, 6.07) is 7.64. The number of carbonyl (C=O) groups excluding carboxylic acids is 1. The molecule has 0 amide bonds. The zero-order valence-electron chi connectivity index (χ0n) is 5.65. The summed E-state index contributed by atoms with van der Waals surface area (Å²) in [6.45, 7) is 0. The molecule has 0 N–H and O–H groups in total. The van der Waals surface area contributed by atoms with Gasteiger partial charge >= 0.3 is 0 Å². The van der Waals surface area contributed by atoms with Crippen LogP contribution in [0.2, 0.25) is 0 Å². The molecule has 0 spiro atoms. The maximum atomic E-state index is 10.3. The van der Waals surface area contributed by atoms with E-state index in [1.54, 1.807) is 0 Å². The van der Waals surface area contributed by atoms with E-state index in [1.807, 2.05) is 24.3 Å². The molecule has 0 aromatic heterocycles. The largest absolute Gasteiger partial charge is 0.447 e. The molecule has 2 nitrogen and oxygen atoms in total. The molecule has 1 heterocycles. The number of thiol groups is 1. The van der Waals surface area contributed by atoms with Crippen molar-refractivity contribution in [2.24, 2.45) is 0 Å². The van der Waals surface area contributed by atoms with Crippen LogP contribution >= 0.6 is 11.4 Å². The number of hydrogen-bond donors (Lipinski definition) is 1. The lowest BCUT2D eigenvalue weighted by atomic mass is 10.3. The van der Waals surface area contributed by atoms with E-state index in [-0.39, 0.29) is 0 Å². The standard InChI is InChI=1S/C8H6O2S/c9-5-8-10-6-3-1-2-4-7(6)11-8/h1-5,11H. The zero-order valence-corrected chi connectivity index (χ0v) is 6.54. The molecule has 1 aliphatic heterocycles. The molecule has 1 aromatic carbocycles. The molecule has 1 aromatic rings. The fourth-order valence-corrected chi connectivity index (χ4v) is 1.77. The maximum absolute atomic E-state index is 10.3. The highest BCUT2D eigenvalue weighted by Gasteiger charge is 2.11. The van der Waals surface area contributed by atoms with Gasteiger partial charge in [-0.1, -0.05) is 12.1 Å². The summed E-state index contributed by atoms with van der Waals surface area (Å²) in [5.41, 5.74) is 0. The van der Waals surface area contributed by atoms with Gasteiger partial charge in [0.1, 0.15) is 5.75 Å². The molecular weight excluding hydrogens is 160 g/mol. The van der Waals surface area contributed by atoms with E-state index in [4.69, 9.17) is 4.74 Å². The van der Waals surface area contributed by atoms with Crippen molar-refractivity contribution in [3.05, 3.63) is 24.3 Å². The Bertz CT molecular complexity index is 331. The highest BCUT2D eigenvalue weighted by Crippen LogP contribution is 2.30. The molecule has 0 saturated heterocycles. The lowest BCUT2D eigenvalue weighted by molar-refractivity contribution is -0.103. The van der Waals surface area contributed by atoms with Crippen LogP contribution in [0.1, 0.15) is 0 Å². The van der Waals surface area contributed by atoms with Gasteiger partial charge in [-0.15, -0.1) is 11.4 Å². The summed E-state index contributed by atoms with van der Waals surface area (Å²) in [6.07, 6.45) is 0.752. The summed E-state index contributed by atoms with van der Waals surface area (Å²) < 4.78 is 5.19. The molecular formula is C8H6O2S. The topological polar surface area (TPSA) is 26.3 Å². The van der Waals surface area contributed by atoms with Crippen molar-refractivity contribution in [1.29, 1.82) is 0 Å². The summed E-state index contributed by atoms with van der Waals surface area (Å²) >= 11 is 0.880. The molecule has 11 heavy (non-hydrogen) atoms. The number of hydrogen-bond acceptors (Lipinski definition) is 2. The predicted octanol–water partition coefficient (Wildman–Crippen LogP) is 1.23. The normalized spacial score (nSPS) is 14.0. The number of rotatable bonds is 1. The number of para-hydroxylation sites is 1. The first-order valence-electron chi connectivity index (χ1n) is 3.21. The molecule has 0 aliphatic carbocycles. The van der Waals surface area contributed by atoms with Crippen LogP contribution < -0.4 is 4.74 Å². The van der Waals surface area contributed by atoms with Crippen LogP contribution in [-0.4, -0.2) is 11.3 Å². The van der Waals surface area contributed by atoms with E-state index < -0.39 is 0 Å². The Morgan fingerprint density at radius 1 is 1.36 bits per heavy atom. The summed E-state index contributed by atoms with van der Waals surface area (Å²) in [5, 5.41) is 0.478. The Morgan fingerprint density at radius 2 is 2.18 bits per heavy atom. The fraction of sp³-hybridized carbons (Fsp3) is 0. The molecule has 0 saturated carbocycles. The summed E-state index contributed by atoms with van der Waals surface area (Å²) in [4.78, 5) is 11.4. The van der Waals surface area contributed by atoms with Gasteiger partial charge in [-0.3, -0.25) is 4.79 Å². The Morgan fingerprint density at radius 3 is 2.91 bits per heavy atom. The SMILES string of the molecule is O=CC1=[SH]c2ccccc2O1. The molecule has 0 radical (unpaired) electrons. The third kappa shape index (κ3) is 1.07. The first kappa shape index (κ1) is 6.61. The van der Waals surface area contributed by atoms with Gasteiger partial charge in [0.15, 0.2) is 11.3 Å². The van der Waals surface area contributed by atoms with Gasteiger partial charge in [0.05, 0.1) is 0 Å². The van der Waals surface area contributed by atoms with Crippen LogP contribution in [0, 0.1) is 0 Å². The Kier molecular flexibility index (Phi) is 1.51. The Balaban J connectivity index is 2.47. The minimum atomic E-state index is 0.478. The van der Waals surface area contributed by atoms with E-state index in [2.05, 4.69) is 0 Å². The highest BCUT2D eigenvalue weighted by molar-refractivity contribution is 8.00. The van der Waals surface area contributed by atoms with Crippen molar-refractivity contribution in [3.63, 3.8) is 0 Å². The van der Waals surface area contributed by atoms with Crippen molar-refractivity contribution in [1.82, 2.24) is 0 Å². The van der Waals surface area contributed by atoms with E-state index in [0.29, 0.717) is 5.05 Å². The monoisotopic (exact) mass is 166 g/mol. The molecule has 0 bridgehead atoms. The fourth-order valence-electron chi connectivity index (χ4n) is 0.940. The third-order valence-electron chi connectivity index (χ3n) is 1.41. The van der Waals surface area contributed by atoms with Gasteiger partial charge in [0.25, 0.3) is 0 Å². The Labute approximate surface area is 67.8 Å². The van der Waals surface area contributed by atoms with Crippen LogP contribution in [0.3, 0.4) is 0 Å². The van der Waals surface area contributed by atoms with Gasteiger partial charge in [0.2, 0.25) is 0 Å². The lowest BCUT2D eigenvalue weighted by Gasteiger charge is -1.95. The second-order valence-corrected chi connectivity index (χ2v) is 3.28. The summed E-state index contributed by atoms with van der Waals surface area (Å²) in [7, 11) is 0. The second kappa shape index (κ2) is 2.51. The van der Waals surface area contributed by atoms with Gasteiger partial charge in [-0.2, -0.15) is 0 Å². The van der Waals surface area contributed by atoms with E-state index in [9.17, 15) is 4.79 Å². The van der Waals surface area contributed by atoms with Gasteiger partial charge in [-0.25, -0.2) is 0 Å². The van der Waals surface area contributed by atoms with Crippen LogP contribution in [0.4, 0.5) is 0 Å². The number of fused-ring (bicyclic) bond motifs is 1. The average Bonchev–Trinajstić information content (AvgIpc) is 2.46. The predicted molar refractivity (Wildman–Crippen MR) is 45.4 cm³/mol. The van der Waals surface area contributed by atoms with Crippen LogP contribution in [-0.2, 0) is 4.79 Å². The van der Waals surface area contributed by atoms with Crippen molar-refractivity contribution in [2.75, 3.05) is 0 Å². The number of carbonyl (C=O) groups is 1. The second-order valence-electron chi connectivity index (χ2n) is 2.14. The smallest absolute Gasteiger partial charge is 0.193 e. The molecule has 56 valence electrons. The quantitative estimate of drug-likeness (QED) is 0.386. The number of ether oxygens (including phenoxy) is 1. The average molecular weight is 166 g/mol. The van der Waals surface area contributed by atoms with Gasteiger partial charge in [-0.05, 0) is 12.1 Å². The van der Waals surface area contributed by atoms with Crippen molar-refractivity contribution in [2.45, 2.75) is 4.90 Å². The molecule has 0 unspecified atom stereocenters. The third-order valence-corrected chi connectivity index (χ3v) is 2.44. The van der Waals surface area contributed by atoms with Gasteiger partial charge in [0, 0.05) is 4.90 Å². The zero-order chi connectivity index (χ0) is 7.68. The molecule has 0 atom stereocenters. The van der Waals surface area contributed by atoms with Crippen LogP contribution in [0.15, 0.2) is 29.2 Å². The minimum Gasteiger partial charge on any atom is -0.447 e. The molecule has 1 aliphatic rings. The maximum Gasteiger partial charge on any atom is 0.193 e. The minimum absolute atomic E-state index is 0.478. The number of aldehydes is 1. The number of benzene rings is 1. The first-order valence-corrected chi connectivity index (χ1v) is 4.10. The molecule has 3 heteroatoms. The molecule has 0 fully saturated rings.